The second kappa shape index (κ2) is 5.05. The molecule has 0 aromatic carbocycles. The lowest BCUT2D eigenvalue weighted by molar-refractivity contribution is 0.0270. The molecule has 0 bridgehead atoms. The van der Waals surface area contributed by atoms with Gasteiger partial charge in [0.05, 0.1) is 0 Å². The van der Waals surface area contributed by atoms with Gasteiger partial charge >= 0.3 is 0 Å². The van der Waals surface area contributed by atoms with Crippen LogP contribution >= 0.6 is 0 Å². The molecule has 2 unspecified atom stereocenters. The number of piperidine rings is 1. The molecule has 1 aliphatic heterocycles. The van der Waals surface area contributed by atoms with Gasteiger partial charge in [0.2, 0.25) is 0 Å². The number of nitrogens with two attached hydrogens (primary N) is 1. The Labute approximate surface area is 101 Å². The third kappa shape index (κ3) is 2.14. The monoisotopic (exact) mass is 224 g/mol. The van der Waals surface area contributed by atoms with E-state index in [1.807, 2.05) is 0 Å². The molecule has 0 radical (unpaired) electrons. The summed E-state index contributed by atoms with van der Waals surface area (Å²) < 4.78 is 0. The van der Waals surface area contributed by atoms with Crippen LogP contribution in [0.3, 0.4) is 0 Å². The maximum atomic E-state index is 6.14. The van der Waals surface area contributed by atoms with Crippen LogP contribution in [0.4, 0.5) is 0 Å². The zero-order chi connectivity index (χ0) is 11.6. The lowest BCUT2D eigenvalue weighted by atomic mass is 9.84. The Bertz CT molecular complexity index is 219. The van der Waals surface area contributed by atoms with Crippen molar-refractivity contribution < 1.29 is 0 Å². The average molecular weight is 224 g/mol. The Morgan fingerprint density at radius 1 is 1.25 bits per heavy atom. The van der Waals surface area contributed by atoms with Gasteiger partial charge in [-0.25, -0.2) is 0 Å². The van der Waals surface area contributed by atoms with E-state index in [1.165, 1.54) is 51.6 Å². The Hall–Kier alpha value is -0.0800. The fraction of sp³-hybridized carbons (Fsp3) is 1.00. The van der Waals surface area contributed by atoms with Crippen molar-refractivity contribution in [2.75, 3.05) is 19.6 Å². The van der Waals surface area contributed by atoms with Crippen LogP contribution in [0.5, 0.6) is 0 Å². The second-order valence-corrected chi connectivity index (χ2v) is 5.80. The summed E-state index contributed by atoms with van der Waals surface area (Å²) in [6.45, 7) is 8.13. The first-order valence-corrected chi connectivity index (χ1v) is 7.22. The minimum Gasteiger partial charge on any atom is -0.329 e. The molecule has 2 fully saturated rings. The Balaban J connectivity index is 2.06. The van der Waals surface area contributed by atoms with Crippen LogP contribution in [0.2, 0.25) is 0 Å². The van der Waals surface area contributed by atoms with Crippen LogP contribution < -0.4 is 5.73 Å². The molecular formula is C14H28N2. The molecule has 2 heteroatoms. The highest BCUT2D eigenvalue weighted by Gasteiger charge is 2.47. The Morgan fingerprint density at radius 3 is 2.50 bits per heavy atom. The highest BCUT2D eigenvalue weighted by Crippen LogP contribution is 2.45. The van der Waals surface area contributed by atoms with E-state index >= 15 is 0 Å². The highest BCUT2D eigenvalue weighted by atomic mass is 15.2. The number of hydrogen-bond acceptors (Lipinski definition) is 2. The first-order chi connectivity index (χ1) is 7.76. The van der Waals surface area contributed by atoms with Crippen LogP contribution in [0.25, 0.3) is 0 Å². The fourth-order valence-electron chi connectivity index (χ4n) is 3.63. The van der Waals surface area contributed by atoms with Crippen LogP contribution in [0, 0.1) is 11.8 Å². The lowest BCUT2D eigenvalue weighted by Crippen LogP contribution is -2.58. The number of rotatable bonds is 5. The average Bonchev–Trinajstić information content (AvgIpc) is 3.17. The summed E-state index contributed by atoms with van der Waals surface area (Å²) in [5, 5.41) is 0. The van der Waals surface area contributed by atoms with Crippen molar-refractivity contribution in [3.8, 4) is 0 Å². The molecule has 16 heavy (non-hydrogen) atoms. The van der Waals surface area contributed by atoms with E-state index < -0.39 is 0 Å². The standard InChI is InChI=1S/C14H28N2/c1-3-12-6-5-9-16(10-12)14(4-2,11-15)13-7-8-13/h12-13H,3-11,15H2,1-2H3. The van der Waals surface area contributed by atoms with Gasteiger partial charge in [-0.2, -0.15) is 0 Å². The van der Waals surface area contributed by atoms with E-state index in [9.17, 15) is 0 Å². The first kappa shape index (κ1) is 12.4. The number of nitrogens with zero attached hydrogens (tertiary/aromatic N) is 1. The molecule has 1 saturated heterocycles. The smallest absolute Gasteiger partial charge is 0.0357 e. The van der Waals surface area contributed by atoms with Gasteiger partial charge in [0.15, 0.2) is 0 Å². The van der Waals surface area contributed by atoms with Crippen molar-refractivity contribution in [3.05, 3.63) is 0 Å². The summed E-state index contributed by atoms with van der Waals surface area (Å²) in [6.07, 6.45) is 8.22. The van der Waals surface area contributed by atoms with Crippen LogP contribution in [0.15, 0.2) is 0 Å². The molecule has 2 N–H and O–H groups in total. The van der Waals surface area contributed by atoms with E-state index in [0.29, 0.717) is 5.54 Å². The van der Waals surface area contributed by atoms with E-state index in [1.54, 1.807) is 0 Å². The van der Waals surface area contributed by atoms with E-state index in [4.69, 9.17) is 5.73 Å². The Kier molecular flexibility index (Phi) is 3.91. The predicted molar refractivity (Wildman–Crippen MR) is 69.4 cm³/mol. The zero-order valence-corrected chi connectivity index (χ0v) is 11.0. The molecule has 2 atom stereocenters. The number of likely N-dealkylation sites (tertiary alicyclic amines) is 1. The molecular weight excluding hydrogens is 196 g/mol. The van der Waals surface area contributed by atoms with Crippen molar-refractivity contribution in [1.82, 2.24) is 4.90 Å². The van der Waals surface area contributed by atoms with Gasteiger partial charge in [-0.05, 0) is 50.5 Å². The van der Waals surface area contributed by atoms with Crippen molar-refractivity contribution in [2.45, 2.75) is 57.9 Å². The zero-order valence-electron chi connectivity index (χ0n) is 11.0. The summed E-state index contributed by atoms with van der Waals surface area (Å²) in [5.41, 5.74) is 6.49. The maximum Gasteiger partial charge on any atom is 0.0357 e. The minimum absolute atomic E-state index is 0.355. The first-order valence-electron chi connectivity index (χ1n) is 7.22. The van der Waals surface area contributed by atoms with E-state index in [-0.39, 0.29) is 0 Å². The van der Waals surface area contributed by atoms with E-state index in [0.717, 1.165) is 18.4 Å². The van der Waals surface area contributed by atoms with Gasteiger partial charge in [0.1, 0.15) is 0 Å². The lowest BCUT2D eigenvalue weighted by Gasteiger charge is -2.47. The minimum atomic E-state index is 0.355. The van der Waals surface area contributed by atoms with Gasteiger partial charge in [0.25, 0.3) is 0 Å². The van der Waals surface area contributed by atoms with Crippen LogP contribution in [-0.4, -0.2) is 30.1 Å². The van der Waals surface area contributed by atoms with Crippen LogP contribution in [-0.2, 0) is 0 Å². The highest BCUT2D eigenvalue weighted by molar-refractivity contribution is 5.03. The topological polar surface area (TPSA) is 29.3 Å². The van der Waals surface area contributed by atoms with E-state index in [2.05, 4.69) is 18.7 Å². The van der Waals surface area contributed by atoms with Gasteiger partial charge in [0, 0.05) is 18.6 Å². The van der Waals surface area contributed by atoms with Crippen molar-refractivity contribution >= 4 is 0 Å². The molecule has 0 aromatic heterocycles. The second-order valence-electron chi connectivity index (χ2n) is 5.80. The number of hydrogen-bond donors (Lipinski definition) is 1. The molecule has 0 aromatic rings. The normalized spacial score (nSPS) is 31.3. The van der Waals surface area contributed by atoms with Gasteiger partial charge in [-0.1, -0.05) is 20.3 Å². The summed E-state index contributed by atoms with van der Waals surface area (Å²) >= 11 is 0. The molecule has 1 heterocycles. The third-order valence-corrected chi connectivity index (χ3v) is 5.03. The maximum absolute atomic E-state index is 6.14. The molecule has 1 saturated carbocycles. The Morgan fingerprint density at radius 2 is 2.00 bits per heavy atom. The van der Waals surface area contributed by atoms with Crippen molar-refractivity contribution in [1.29, 1.82) is 0 Å². The van der Waals surface area contributed by atoms with Crippen molar-refractivity contribution in [3.63, 3.8) is 0 Å². The molecule has 1 aliphatic carbocycles. The fourth-order valence-corrected chi connectivity index (χ4v) is 3.63. The van der Waals surface area contributed by atoms with Gasteiger partial charge in [-0.3, -0.25) is 4.90 Å². The quantitative estimate of drug-likeness (QED) is 0.778. The molecule has 2 aliphatic rings. The molecule has 0 spiro atoms. The van der Waals surface area contributed by atoms with Crippen LogP contribution in [0.1, 0.15) is 52.4 Å². The third-order valence-electron chi connectivity index (χ3n) is 5.03. The SMILES string of the molecule is CCC1CCCN(C(CC)(CN)C2CC2)C1. The summed E-state index contributed by atoms with van der Waals surface area (Å²) in [6, 6.07) is 0. The largest absolute Gasteiger partial charge is 0.329 e. The van der Waals surface area contributed by atoms with Crippen molar-refractivity contribution in [2.24, 2.45) is 17.6 Å². The molecule has 0 amide bonds. The summed E-state index contributed by atoms with van der Waals surface area (Å²) in [7, 11) is 0. The van der Waals surface area contributed by atoms with Gasteiger partial charge < -0.3 is 5.73 Å². The predicted octanol–water partition coefficient (Wildman–Crippen LogP) is 2.63. The molecule has 2 rings (SSSR count). The molecule has 94 valence electrons. The summed E-state index contributed by atoms with van der Waals surface area (Å²) in [4.78, 5) is 2.75. The summed E-state index contributed by atoms with van der Waals surface area (Å²) in [5.74, 6) is 1.82. The van der Waals surface area contributed by atoms with Gasteiger partial charge in [-0.15, -0.1) is 0 Å². The molecule has 2 nitrogen and oxygen atoms in total.